The fourth-order valence-electron chi connectivity index (χ4n) is 3.64. The van der Waals surface area contributed by atoms with Gasteiger partial charge in [-0.3, -0.25) is 9.78 Å². The maximum atomic E-state index is 13.8. The molecule has 138 valence electrons. The molecule has 3 rings (SSSR count). The zero-order valence-electron chi connectivity index (χ0n) is 15.3. The van der Waals surface area contributed by atoms with Gasteiger partial charge in [-0.15, -0.1) is 0 Å². The van der Waals surface area contributed by atoms with Crippen LogP contribution < -0.4 is 0 Å². The van der Waals surface area contributed by atoms with Crippen molar-refractivity contribution in [3.63, 3.8) is 0 Å². The number of aromatic nitrogens is 1. The number of nitrogens with zero attached hydrogens (tertiary/aromatic N) is 3. The van der Waals surface area contributed by atoms with Crippen molar-refractivity contribution in [3.05, 3.63) is 65.7 Å². The van der Waals surface area contributed by atoms with Gasteiger partial charge in [0.1, 0.15) is 11.5 Å². The molecule has 0 unspecified atom stereocenters. The van der Waals surface area contributed by atoms with Crippen LogP contribution in [0.2, 0.25) is 0 Å². The third-order valence-corrected chi connectivity index (χ3v) is 5.02. The average molecular weight is 355 g/mol. The molecule has 0 radical (unpaired) electrons. The van der Waals surface area contributed by atoms with Crippen molar-refractivity contribution >= 4 is 5.91 Å². The van der Waals surface area contributed by atoms with Crippen LogP contribution in [0.15, 0.2) is 48.7 Å². The molecule has 0 spiro atoms. The number of piperidine rings is 1. The summed E-state index contributed by atoms with van der Waals surface area (Å²) in [5.41, 5.74) is 1.26. The van der Waals surface area contributed by atoms with Gasteiger partial charge in [-0.2, -0.15) is 0 Å². The molecule has 5 heteroatoms. The number of likely N-dealkylation sites (tertiary alicyclic amines) is 1. The molecule has 0 bridgehead atoms. The Labute approximate surface area is 154 Å². The summed E-state index contributed by atoms with van der Waals surface area (Å²) in [4.78, 5) is 20.8. The Kier molecular flexibility index (Phi) is 6.34. The smallest absolute Gasteiger partial charge is 0.272 e. The summed E-state index contributed by atoms with van der Waals surface area (Å²) in [6, 6.07) is 12.4. The highest BCUT2D eigenvalue weighted by atomic mass is 19.1. The van der Waals surface area contributed by atoms with Gasteiger partial charge in [-0.1, -0.05) is 24.3 Å². The van der Waals surface area contributed by atoms with Gasteiger partial charge in [0.05, 0.1) is 0 Å². The van der Waals surface area contributed by atoms with Gasteiger partial charge < -0.3 is 9.80 Å². The number of carbonyl (C=O) groups is 1. The number of amides is 1. The van der Waals surface area contributed by atoms with Gasteiger partial charge in [0.15, 0.2) is 0 Å². The van der Waals surface area contributed by atoms with Crippen molar-refractivity contribution in [1.82, 2.24) is 14.8 Å². The minimum Gasteiger partial charge on any atom is -0.340 e. The van der Waals surface area contributed by atoms with Crippen LogP contribution in [0, 0.1) is 11.7 Å². The third-order valence-electron chi connectivity index (χ3n) is 5.02. The quantitative estimate of drug-likeness (QED) is 0.798. The molecule has 2 heterocycles. The number of hydrogen-bond donors (Lipinski definition) is 0. The lowest BCUT2D eigenvalue weighted by molar-refractivity contribution is 0.0724. The van der Waals surface area contributed by atoms with Gasteiger partial charge in [-0.05, 0) is 55.5 Å². The fourth-order valence-corrected chi connectivity index (χ4v) is 3.64. The summed E-state index contributed by atoms with van der Waals surface area (Å²) < 4.78 is 13.8. The average Bonchev–Trinajstić information content (AvgIpc) is 2.68. The van der Waals surface area contributed by atoms with Crippen molar-refractivity contribution in [2.75, 3.05) is 33.2 Å². The number of pyridine rings is 1. The predicted molar refractivity (Wildman–Crippen MR) is 100 cm³/mol. The number of rotatable bonds is 6. The SMILES string of the molecule is CN(C[C@@H]1CCCN(CCc2ccccc2F)C1)C(=O)c1ccccn1. The van der Waals surface area contributed by atoms with Crippen molar-refractivity contribution in [1.29, 1.82) is 0 Å². The lowest BCUT2D eigenvalue weighted by atomic mass is 9.97. The minimum atomic E-state index is -0.123. The molecule has 1 aliphatic rings. The van der Waals surface area contributed by atoms with Crippen molar-refractivity contribution in [2.24, 2.45) is 5.92 Å². The maximum absolute atomic E-state index is 13.8. The molecule has 26 heavy (non-hydrogen) atoms. The molecule has 0 saturated carbocycles. The summed E-state index contributed by atoms with van der Waals surface area (Å²) in [7, 11) is 1.84. The summed E-state index contributed by atoms with van der Waals surface area (Å²) >= 11 is 0. The van der Waals surface area contributed by atoms with Crippen LogP contribution in [0.1, 0.15) is 28.9 Å². The van der Waals surface area contributed by atoms with Gasteiger partial charge >= 0.3 is 0 Å². The Bertz CT molecular complexity index is 722. The second kappa shape index (κ2) is 8.90. The molecular formula is C21H26FN3O. The number of carbonyl (C=O) groups excluding carboxylic acids is 1. The Balaban J connectivity index is 1.50. The van der Waals surface area contributed by atoms with Crippen LogP contribution in [0.5, 0.6) is 0 Å². The van der Waals surface area contributed by atoms with Gasteiger partial charge in [0.25, 0.3) is 5.91 Å². The lowest BCUT2D eigenvalue weighted by Gasteiger charge is -2.34. The van der Waals surface area contributed by atoms with E-state index < -0.39 is 0 Å². The summed E-state index contributed by atoms with van der Waals surface area (Å²) in [6.07, 6.45) is 4.61. The second-order valence-electron chi connectivity index (χ2n) is 7.05. The largest absolute Gasteiger partial charge is 0.340 e. The van der Waals surface area contributed by atoms with E-state index in [4.69, 9.17) is 0 Å². The van der Waals surface area contributed by atoms with Crippen molar-refractivity contribution in [3.8, 4) is 0 Å². The Morgan fingerprint density at radius 3 is 2.85 bits per heavy atom. The molecule has 0 N–H and O–H groups in total. The Hall–Kier alpha value is -2.27. The predicted octanol–water partition coefficient (Wildman–Crippen LogP) is 3.25. The van der Waals surface area contributed by atoms with E-state index in [1.165, 1.54) is 6.07 Å². The topological polar surface area (TPSA) is 36.4 Å². The van der Waals surface area contributed by atoms with E-state index >= 15 is 0 Å². The van der Waals surface area contributed by atoms with Gasteiger partial charge in [-0.25, -0.2) is 4.39 Å². The fraction of sp³-hybridized carbons (Fsp3) is 0.429. The van der Waals surface area contributed by atoms with Crippen LogP contribution in [-0.4, -0.2) is 53.9 Å². The molecule has 1 fully saturated rings. The second-order valence-corrected chi connectivity index (χ2v) is 7.05. The molecule has 4 nitrogen and oxygen atoms in total. The van der Waals surface area contributed by atoms with E-state index in [-0.39, 0.29) is 11.7 Å². The Morgan fingerprint density at radius 2 is 2.08 bits per heavy atom. The number of halogens is 1. The van der Waals surface area contributed by atoms with E-state index in [1.807, 2.05) is 31.3 Å². The van der Waals surface area contributed by atoms with E-state index in [9.17, 15) is 9.18 Å². The number of benzene rings is 1. The highest BCUT2D eigenvalue weighted by Gasteiger charge is 2.23. The van der Waals surface area contributed by atoms with Crippen LogP contribution in [0.25, 0.3) is 0 Å². The first-order chi connectivity index (χ1) is 12.6. The minimum absolute atomic E-state index is 0.0333. The van der Waals surface area contributed by atoms with Crippen LogP contribution in [0.4, 0.5) is 4.39 Å². The van der Waals surface area contributed by atoms with Crippen LogP contribution >= 0.6 is 0 Å². The number of hydrogen-bond acceptors (Lipinski definition) is 3. The van der Waals surface area contributed by atoms with E-state index in [2.05, 4.69) is 9.88 Å². The first kappa shape index (κ1) is 18.5. The molecule has 1 atom stereocenters. The van der Waals surface area contributed by atoms with E-state index in [1.54, 1.807) is 23.2 Å². The van der Waals surface area contributed by atoms with Crippen LogP contribution in [0.3, 0.4) is 0 Å². The highest BCUT2D eigenvalue weighted by molar-refractivity contribution is 5.92. The lowest BCUT2D eigenvalue weighted by Crippen LogP contribution is -2.42. The van der Waals surface area contributed by atoms with Crippen molar-refractivity contribution < 1.29 is 9.18 Å². The zero-order chi connectivity index (χ0) is 18.4. The Morgan fingerprint density at radius 1 is 1.27 bits per heavy atom. The summed E-state index contributed by atoms with van der Waals surface area (Å²) in [5.74, 6) is 0.290. The standard InChI is InChI=1S/C21H26FN3O/c1-24(21(26)20-10-4-5-12-23-20)15-17-7-6-13-25(16-17)14-11-18-8-2-3-9-19(18)22/h2-5,8-10,12,17H,6-7,11,13-16H2,1H3/t17-/m0/s1. The van der Waals surface area contributed by atoms with Crippen molar-refractivity contribution in [2.45, 2.75) is 19.3 Å². The molecular weight excluding hydrogens is 329 g/mol. The van der Waals surface area contributed by atoms with Gasteiger partial charge in [0.2, 0.25) is 0 Å². The first-order valence-electron chi connectivity index (χ1n) is 9.25. The van der Waals surface area contributed by atoms with Gasteiger partial charge in [0, 0.05) is 32.9 Å². The summed E-state index contributed by atoms with van der Waals surface area (Å²) in [5, 5.41) is 0. The normalized spacial score (nSPS) is 17.8. The molecule has 1 saturated heterocycles. The van der Waals surface area contributed by atoms with E-state index in [0.717, 1.165) is 51.0 Å². The monoisotopic (exact) mass is 355 g/mol. The third kappa shape index (κ3) is 4.88. The molecule has 1 aliphatic heterocycles. The highest BCUT2D eigenvalue weighted by Crippen LogP contribution is 2.19. The molecule has 0 aliphatic carbocycles. The molecule has 1 aromatic heterocycles. The maximum Gasteiger partial charge on any atom is 0.272 e. The first-order valence-corrected chi connectivity index (χ1v) is 9.25. The summed E-state index contributed by atoms with van der Waals surface area (Å²) in [6.45, 7) is 3.58. The molecule has 2 aromatic rings. The van der Waals surface area contributed by atoms with E-state index in [0.29, 0.717) is 11.6 Å². The zero-order valence-corrected chi connectivity index (χ0v) is 15.3. The molecule has 1 amide bonds. The van der Waals surface area contributed by atoms with Crippen LogP contribution in [-0.2, 0) is 6.42 Å². The molecule has 1 aromatic carbocycles.